The zero-order valence-electron chi connectivity index (χ0n) is 20.6. The Bertz CT molecular complexity index is 1000. The Morgan fingerprint density at radius 2 is 1.89 bits per heavy atom. The minimum Gasteiger partial charge on any atom is -0.444 e. The topological polar surface area (TPSA) is 95.9 Å². The van der Waals surface area contributed by atoms with Crippen molar-refractivity contribution in [1.29, 1.82) is 0 Å². The molecule has 4 rings (SSSR count). The number of allylic oxidation sites excluding steroid dienone is 1. The largest absolute Gasteiger partial charge is 0.444 e. The highest BCUT2D eigenvalue weighted by Gasteiger charge is 2.64. The Morgan fingerprint density at radius 1 is 1.11 bits per heavy atom. The first-order valence-corrected chi connectivity index (χ1v) is 12.8. The Labute approximate surface area is 207 Å². The minimum absolute atomic E-state index is 0.110. The van der Waals surface area contributed by atoms with Crippen molar-refractivity contribution in [2.45, 2.75) is 63.7 Å². The molecule has 2 aliphatic heterocycles. The van der Waals surface area contributed by atoms with Crippen molar-refractivity contribution in [3.05, 3.63) is 71.8 Å². The summed E-state index contributed by atoms with van der Waals surface area (Å²) >= 11 is 0. The number of hydrogen-bond acceptors (Lipinski definition) is 5. The molecule has 1 amide bonds. The minimum atomic E-state index is -1.42. The van der Waals surface area contributed by atoms with Gasteiger partial charge in [-0.2, -0.15) is 0 Å². The van der Waals surface area contributed by atoms with Gasteiger partial charge in [0.2, 0.25) is 5.60 Å². The molecule has 1 spiro atoms. The average Bonchev–Trinajstić information content (AvgIpc) is 3.11. The summed E-state index contributed by atoms with van der Waals surface area (Å²) in [5.41, 5.74) is 0.512. The fourth-order valence-corrected chi connectivity index (χ4v) is 6.01. The van der Waals surface area contributed by atoms with Crippen LogP contribution in [-0.4, -0.2) is 46.4 Å². The lowest BCUT2D eigenvalue weighted by Gasteiger charge is -2.44. The van der Waals surface area contributed by atoms with Gasteiger partial charge in [-0.15, -0.1) is 0 Å². The number of aliphatic hydroxyl groups excluding tert-OH is 2. The van der Waals surface area contributed by atoms with E-state index in [1.807, 2.05) is 49.4 Å². The summed E-state index contributed by atoms with van der Waals surface area (Å²) in [5.74, 6) is -1.54. The van der Waals surface area contributed by atoms with E-state index in [0.717, 1.165) is 30.4 Å². The van der Waals surface area contributed by atoms with Crippen LogP contribution in [0.25, 0.3) is 0 Å². The van der Waals surface area contributed by atoms with Gasteiger partial charge in [0.1, 0.15) is 0 Å². The number of rotatable bonds is 3. The second kappa shape index (κ2) is 10.9. The Morgan fingerprint density at radius 3 is 2.63 bits per heavy atom. The molecule has 0 saturated carbocycles. The van der Waals surface area contributed by atoms with Gasteiger partial charge in [-0.05, 0) is 48.3 Å². The van der Waals surface area contributed by atoms with E-state index >= 15 is 0 Å². The molecule has 2 heterocycles. The van der Waals surface area contributed by atoms with Crippen molar-refractivity contribution in [1.82, 2.24) is 5.32 Å². The third kappa shape index (κ3) is 5.29. The van der Waals surface area contributed by atoms with Crippen molar-refractivity contribution >= 4 is 11.9 Å². The van der Waals surface area contributed by atoms with Crippen molar-refractivity contribution in [2.24, 2.45) is 23.7 Å². The quantitative estimate of drug-likeness (QED) is 0.456. The summed E-state index contributed by atoms with van der Waals surface area (Å²) in [6.45, 7) is 4.06. The summed E-state index contributed by atoms with van der Waals surface area (Å²) in [7, 11) is 0. The maximum atomic E-state index is 13.7. The molecule has 1 aromatic rings. The molecule has 35 heavy (non-hydrogen) atoms. The maximum Gasteiger partial charge on any atom is 0.331 e. The van der Waals surface area contributed by atoms with Gasteiger partial charge in [0.15, 0.2) is 0 Å². The highest BCUT2D eigenvalue weighted by atomic mass is 16.6. The Hall–Kier alpha value is -2.70. The highest BCUT2D eigenvalue weighted by Crippen LogP contribution is 2.50. The molecule has 188 valence electrons. The van der Waals surface area contributed by atoms with Crippen molar-refractivity contribution < 1.29 is 24.5 Å². The third-order valence-corrected chi connectivity index (χ3v) is 7.90. The number of esters is 1. The van der Waals surface area contributed by atoms with E-state index < -0.39 is 23.6 Å². The van der Waals surface area contributed by atoms with E-state index in [0.29, 0.717) is 18.8 Å². The molecule has 3 N–H and O–H groups in total. The third-order valence-electron chi connectivity index (χ3n) is 7.90. The molecule has 0 bridgehead atoms. The summed E-state index contributed by atoms with van der Waals surface area (Å²) in [4.78, 5) is 26.7. The van der Waals surface area contributed by atoms with Gasteiger partial charge in [0.25, 0.3) is 5.91 Å². The van der Waals surface area contributed by atoms with Crippen LogP contribution < -0.4 is 5.32 Å². The van der Waals surface area contributed by atoms with Crippen LogP contribution in [0.1, 0.15) is 45.1 Å². The van der Waals surface area contributed by atoms with Crippen LogP contribution in [0.3, 0.4) is 0 Å². The molecule has 1 saturated heterocycles. The lowest BCUT2D eigenvalue weighted by molar-refractivity contribution is -0.172. The number of benzene rings is 1. The predicted molar refractivity (Wildman–Crippen MR) is 134 cm³/mol. The highest BCUT2D eigenvalue weighted by molar-refractivity contribution is 5.94. The van der Waals surface area contributed by atoms with Gasteiger partial charge in [0, 0.05) is 24.0 Å². The van der Waals surface area contributed by atoms with Crippen molar-refractivity contribution in [3.63, 3.8) is 0 Å². The summed E-state index contributed by atoms with van der Waals surface area (Å²) in [6, 6.07) is 9.68. The standard InChI is InChI=1S/C29H37NO5/c1-19-8-6-12-23-17-22(18-31)20(2)27-25(16-21-10-4-3-5-11-21)30-28(34)29(23,27)35-26(33)15-14-24(32)13-7-9-19/h3-6,10-12,14-15,17,19-20,23-25,27,31-32H,7-9,13,16,18H2,1-2H3,(H,30,34)/b12-6+,15-14+/t19-,20?,23?,24+,25-,27?,29+/m0/s1. The molecule has 7 atom stereocenters. The molecule has 1 aliphatic carbocycles. The van der Waals surface area contributed by atoms with E-state index in [1.165, 1.54) is 12.2 Å². The zero-order valence-corrected chi connectivity index (χ0v) is 20.6. The number of amides is 1. The van der Waals surface area contributed by atoms with Crippen LogP contribution in [-0.2, 0) is 20.7 Å². The second-order valence-corrected chi connectivity index (χ2v) is 10.4. The predicted octanol–water partition coefficient (Wildman–Crippen LogP) is 3.49. The molecule has 1 aromatic carbocycles. The van der Waals surface area contributed by atoms with Crippen LogP contribution in [0.4, 0.5) is 0 Å². The smallest absolute Gasteiger partial charge is 0.331 e. The van der Waals surface area contributed by atoms with Crippen LogP contribution in [0.15, 0.2) is 66.3 Å². The van der Waals surface area contributed by atoms with E-state index in [2.05, 4.69) is 18.3 Å². The molecule has 0 aromatic heterocycles. The van der Waals surface area contributed by atoms with Crippen LogP contribution in [0.2, 0.25) is 0 Å². The second-order valence-electron chi connectivity index (χ2n) is 10.4. The van der Waals surface area contributed by atoms with Crippen LogP contribution in [0.5, 0.6) is 0 Å². The first-order valence-electron chi connectivity index (χ1n) is 12.8. The number of carbonyl (C=O) groups is 2. The number of aliphatic hydroxyl groups is 2. The van der Waals surface area contributed by atoms with E-state index in [1.54, 1.807) is 0 Å². The first kappa shape index (κ1) is 25.4. The van der Waals surface area contributed by atoms with Gasteiger partial charge >= 0.3 is 5.97 Å². The number of hydrogen-bond donors (Lipinski definition) is 3. The lowest BCUT2D eigenvalue weighted by Crippen LogP contribution is -2.56. The molecule has 1 fully saturated rings. The Kier molecular flexibility index (Phi) is 7.92. The lowest BCUT2D eigenvalue weighted by atomic mass is 9.63. The SMILES string of the molecule is CC1C(CO)=CC2/C=C/C[C@H](C)CCC[C@@H](O)/C=C/C(=O)O[C@]23C(=O)N[C@@H](Cc2ccccc2)C13. The molecular formula is C29H37NO5. The molecular weight excluding hydrogens is 442 g/mol. The Balaban J connectivity index is 1.78. The molecule has 6 heteroatoms. The van der Waals surface area contributed by atoms with E-state index in [9.17, 15) is 19.8 Å². The zero-order chi connectivity index (χ0) is 25.0. The van der Waals surface area contributed by atoms with Gasteiger partial charge in [-0.3, -0.25) is 4.79 Å². The number of ether oxygens (including phenoxy) is 1. The molecule has 3 unspecified atom stereocenters. The number of nitrogens with one attached hydrogen (secondary N) is 1. The van der Waals surface area contributed by atoms with Crippen LogP contribution >= 0.6 is 0 Å². The van der Waals surface area contributed by atoms with Crippen LogP contribution in [0, 0.1) is 23.7 Å². The maximum absolute atomic E-state index is 13.7. The van der Waals surface area contributed by atoms with Crippen molar-refractivity contribution in [2.75, 3.05) is 6.61 Å². The number of carbonyl (C=O) groups excluding carboxylic acids is 2. The van der Waals surface area contributed by atoms with Gasteiger partial charge in [0.05, 0.1) is 12.7 Å². The molecule has 0 radical (unpaired) electrons. The van der Waals surface area contributed by atoms with Gasteiger partial charge in [-0.25, -0.2) is 4.79 Å². The van der Waals surface area contributed by atoms with Gasteiger partial charge < -0.3 is 20.3 Å². The summed E-state index contributed by atoms with van der Waals surface area (Å²) in [6.07, 6.45) is 11.8. The fraction of sp³-hybridized carbons (Fsp3) is 0.517. The summed E-state index contributed by atoms with van der Waals surface area (Å²) < 4.78 is 6.10. The van der Waals surface area contributed by atoms with E-state index in [4.69, 9.17) is 4.74 Å². The first-order chi connectivity index (χ1) is 16.8. The normalized spacial score (nSPS) is 37.7. The molecule has 3 aliphatic rings. The molecule has 6 nitrogen and oxygen atoms in total. The summed E-state index contributed by atoms with van der Waals surface area (Å²) in [5, 5.41) is 23.6. The van der Waals surface area contributed by atoms with Crippen molar-refractivity contribution in [3.8, 4) is 0 Å². The monoisotopic (exact) mass is 479 g/mol. The fourth-order valence-electron chi connectivity index (χ4n) is 6.01. The van der Waals surface area contributed by atoms with E-state index in [-0.39, 0.29) is 30.4 Å². The van der Waals surface area contributed by atoms with Gasteiger partial charge in [-0.1, -0.05) is 75.2 Å². The average molecular weight is 480 g/mol.